The molecule has 0 heterocycles. The summed E-state index contributed by atoms with van der Waals surface area (Å²) in [5.41, 5.74) is 0.501. The maximum atomic E-state index is 11.6. The van der Waals surface area contributed by atoms with E-state index >= 15 is 0 Å². The van der Waals surface area contributed by atoms with Crippen LogP contribution < -0.4 is 0 Å². The monoisotopic (exact) mass is 218 g/mol. The van der Waals surface area contributed by atoms with Gasteiger partial charge >= 0.3 is 0 Å². The summed E-state index contributed by atoms with van der Waals surface area (Å²) >= 11 is 0. The van der Waals surface area contributed by atoms with Crippen molar-refractivity contribution in [3.8, 4) is 11.5 Å². The predicted molar refractivity (Wildman–Crippen MR) is 62.8 cm³/mol. The molecule has 84 valence electrons. The average Bonchev–Trinajstić information content (AvgIpc) is 2.26. The topological polar surface area (TPSA) is 57.5 Å². The van der Waals surface area contributed by atoms with E-state index < -0.39 is 0 Å². The Balaban J connectivity index is 3.06. The van der Waals surface area contributed by atoms with Gasteiger partial charge in [-0.15, -0.1) is 0 Å². The number of allylic oxidation sites excluding steroid dienone is 4. The van der Waals surface area contributed by atoms with Crippen LogP contribution in [0.25, 0.3) is 0 Å². The van der Waals surface area contributed by atoms with E-state index in [4.69, 9.17) is 0 Å². The molecule has 3 nitrogen and oxygen atoms in total. The number of benzene rings is 1. The summed E-state index contributed by atoms with van der Waals surface area (Å²) < 4.78 is 0. The predicted octanol–water partition coefficient (Wildman–Crippen LogP) is 2.72. The van der Waals surface area contributed by atoms with Crippen LogP contribution in [-0.4, -0.2) is 16.0 Å². The van der Waals surface area contributed by atoms with Gasteiger partial charge in [0.15, 0.2) is 5.78 Å². The highest BCUT2D eigenvalue weighted by Gasteiger charge is 2.12. The first-order valence-electron chi connectivity index (χ1n) is 4.93. The molecule has 0 aromatic heterocycles. The third kappa shape index (κ3) is 2.51. The van der Waals surface area contributed by atoms with Gasteiger partial charge in [0.2, 0.25) is 0 Å². The SMILES string of the molecule is CC=CC=CC(=O)c1ccc(O)c(C)c1O. The summed E-state index contributed by atoms with van der Waals surface area (Å²) in [6.45, 7) is 3.40. The lowest BCUT2D eigenvalue weighted by Gasteiger charge is -2.05. The molecule has 0 fully saturated rings. The lowest BCUT2D eigenvalue weighted by atomic mass is 10.0. The van der Waals surface area contributed by atoms with E-state index in [1.165, 1.54) is 18.2 Å². The molecule has 0 amide bonds. The number of hydrogen-bond donors (Lipinski definition) is 2. The van der Waals surface area contributed by atoms with E-state index in [9.17, 15) is 15.0 Å². The highest BCUT2D eigenvalue weighted by molar-refractivity contribution is 6.07. The second kappa shape index (κ2) is 5.16. The summed E-state index contributed by atoms with van der Waals surface area (Å²) in [4.78, 5) is 11.6. The fourth-order valence-electron chi connectivity index (χ4n) is 1.23. The third-order valence-electron chi connectivity index (χ3n) is 2.22. The maximum absolute atomic E-state index is 11.6. The third-order valence-corrected chi connectivity index (χ3v) is 2.22. The van der Waals surface area contributed by atoms with Crippen molar-refractivity contribution >= 4 is 5.78 Å². The maximum Gasteiger partial charge on any atom is 0.189 e. The number of rotatable bonds is 3. The molecule has 0 spiro atoms. The van der Waals surface area contributed by atoms with E-state index in [0.717, 1.165) is 0 Å². The molecule has 0 aliphatic carbocycles. The second-order valence-electron chi connectivity index (χ2n) is 3.36. The van der Waals surface area contributed by atoms with Crippen molar-refractivity contribution in [3.63, 3.8) is 0 Å². The molecule has 16 heavy (non-hydrogen) atoms. The fourth-order valence-corrected chi connectivity index (χ4v) is 1.23. The highest BCUT2D eigenvalue weighted by Crippen LogP contribution is 2.29. The standard InChI is InChI=1S/C13H14O3/c1-3-4-5-6-12(15)10-7-8-11(14)9(2)13(10)16/h3-8,14,16H,1-2H3. The van der Waals surface area contributed by atoms with Crippen LogP contribution in [0.1, 0.15) is 22.8 Å². The lowest BCUT2D eigenvalue weighted by Crippen LogP contribution is -1.96. The summed E-state index contributed by atoms with van der Waals surface area (Å²) in [7, 11) is 0. The molecule has 1 aromatic rings. The molecule has 0 aliphatic heterocycles. The Morgan fingerprint density at radius 1 is 1.25 bits per heavy atom. The Morgan fingerprint density at radius 2 is 1.94 bits per heavy atom. The molecule has 0 bridgehead atoms. The molecule has 1 rings (SSSR count). The van der Waals surface area contributed by atoms with E-state index in [-0.39, 0.29) is 22.8 Å². The van der Waals surface area contributed by atoms with Crippen molar-refractivity contribution in [2.45, 2.75) is 13.8 Å². The van der Waals surface area contributed by atoms with Crippen molar-refractivity contribution in [2.24, 2.45) is 0 Å². The van der Waals surface area contributed by atoms with E-state index in [0.29, 0.717) is 5.56 Å². The molecular formula is C13H14O3. The Hall–Kier alpha value is -2.03. The Kier molecular flexibility index (Phi) is 3.89. The number of hydrogen-bond acceptors (Lipinski definition) is 3. The van der Waals surface area contributed by atoms with Crippen molar-refractivity contribution < 1.29 is 15.0 Å². The Labute approximate surface area is 94.4 Å². The molecule has 0 atom stereocenters. The van der Waals surface area contributed by atoms with E-state index in [2.05, 4.69) is 0 Å². The first kappa shape index (κ1) is 12.0. The molecule has 0 saturated heterocycles. The number of aromatic hydroxyl groups is 2. The average molecular weight is 218 g/mol. The van der Waals surface area contributed by atoms with Gasteiger partial charge in [-0.2, -0.15) is 0 Å². The van der Waals surface area contributed by atoms with Gasteiger partial charge in [0.25, 0.3) is 0 Å². The van der Waals surface area contributed by atoms with Gasteiger partial charge in [0.1, 0.15) is 11.5 Å². The zero-order valence-corrected chi connectivity index (χ0v) is 9.27. The molecular weight excluding hydrogens is 204 g/mol. The van der Waals surface area contributed by atoms with Gasteiger partial charge in [0, 0.05) is 5.56 Å². The first-order valence-corrected chi connectivity index (χ1v) is 4.93. The molecule has 0 saturated carbocycles. The van der Waals surface area contributed by atoms with Crippen LogP contribution in [0.5, 0.6) is 11.5 Å². The number of carbonyl (C=O) groups excluding carboxylic acids is 1. The van der Waals surface area contributed by atoms with Crippen molar-refractivity contribution in [3.05, 3.63) is 47.6 Å². The van der Waals surface area contributed by atoms with Gasteiger partial charge < -0.3 is 10.2 Å². The van der Waals surface area contributed by atoms with E-state index in [1.54, 1.807) is 25.2 Å². The summed E-state index contributed by atoms with van der Waals surface area (Å²) in [6.07, 6.45) is 6.49. The minimum atomic E-state index is -0.293. The van der Waals surface area contributed by atoms with Gasteiger partial charge in [-0.1, -0.05) is 18.2 Å². The van der Waals surface area contributed by atoms with Gasteiger partial charge in [-0.05, 0) is 32.1 Å². The van der Waals surface area contributed by atoms with Crippen LogP contribution in [0.4, 0.5) is 0 Å². The van der Waals surface area contributed by atoms with Gasteiger partial charge in [-0.3, -0.25) is 4.79 Å². The molecule has 0 radical (unpaired) electrons. The van der Waals surface area contributed by atoms with E-state index in [1.807, 2.05) is 6.92 Å². The number of phenolic OH excluding ortho intramolecular Hbond substituents is 2. The van der Waals surface area contributed by atoms with Crippen LogP contribution in [-0.2, 0) is 0 Å². The molecule has 0 aliphatic rings. The largest absolute Gasteiger partial charge is 0.508 e. The van der Waals surface area contributed by atoms with Crippen LogP contribution in [0.2, 0.25) is 0 Å². The number of ketones is 1. The second-order valence-corrected chi connectivity index (χ2v) is 3.36. The number of phenols is 2. The molecule has 1 aromatic carbocycles. The Bertz CT molecular complexity index is 456. The Morgan fingerprint density at radius 3 is 2.56 bits per heavy atom. The first-order chi connectivity index (χ1) is 7.57. The smallest absolute Gasteiger partial charge is 0.189 e. The van der Waals surface area contributed by atoms with Crippen molar-refractivity contribution in [1.29, 1.82) is 0 Å². The van der Waals surface area contributed by atoms with Crippen molar-refractivity contribution in [1.82, 2.24) is 0 Å². The quantitative estimate of drug-likeness (QED) is 0.466. The van der Waals surface area contributed by atoms with Crippen molar-refractivity contribution in [2.75, 3.05) is 0 Å². The normalized spacial score (nSPS) is 11.4. The minimum Gasteiger partial charge on any atom is -0.508 e. The molecule has 2 N–H and O–H groups in total. The lowest BCUT2D eigenvalue weighted by molar-refractivity contribution is 0.104. The molecule has 3 heteroatoms. The summed E-state index contributed by atoms with van der Waals surface area (Å²) in [5, 5.41) is 19.0. The minimum absolute atomic E-state index is 0.0218. The van der Waals surface area contributed by atoms with Gasteiger partial charge in [-0.25, -0.2) is 0 Å². The van der Waals surface area contributed by atoms with Crippen LogP contribution >= 0.6 is 0 Å². The fraction of sp³-hybridized carbons (Fsp3) is 0.154. The van der Waals surface area contributed by atoms with Crippen LogP contribution in [0.15, 0.2) is 36.4 Å². The summed E-state index contributed by atoms with van der Waals surface area (Å²) in [6, 6.07) is 2.80. The zero-order chi connectivity index (χ0) is 12.1. The highest BCUT2D eigenvalue weighted by atomic mass is 16.3. The van der Waals surface area contributed by atoms with Crippen LogP contribution in [0.3, 0.4) is 0 Å². The summed E-state index contributed by atoms with van der Waals surface area (Å²) in [5.74, 6) is -0.486. The van der Waals surface area contributed by atoms with Gasteiger partial charge in [0.05, 0.1) is 5.56 Å². The van der Waals surface area contributed by atoms with Crippen LogP contribution in [0, 0.1) is 6.92 Å². The number of carbonyl (C=O) groups is 1. The molecule has 0 unspecified atom stereocenters. The zero-order valence-electron chi connectivity index (χ0n) is 9.27.